The molecule has 5 heteroatoms. The van der Waals surface area contributed by atoms with Crippen LogP contribution in [0.25, 0.3) is 0 Å². The van der Waals surface area contributed by atoms with Crippen LogP contribution in [0.4, 0.5) is 0 Å². The summed E-state index contributed by atoms with van der Waals surface area (Å²) in [5, 5.41) is 11.6. The van der Waals surface area contributed by atoms with E-state index < -0.39 is 6.04 Å². The molecular formula is C10H23ClN2O2. The maximum absolute atomic E-state index is 11.2. The molecule has 0 aliphatic heterocycles. The molecule has 92 valence electrons. The number of halogens is 1. The number of carbonyl (C=O) groups excluding carboxylic acids is 1. The molecule has 15 heavy (non-hydrogen) atoms. The zero-order valence-corrected chi connectivity index (χ0v) is 10.3. The van der Waals surface area contributed by atoms with Crippen LogP contribution in [0.2, 0.25) is 0 Å². The Morgan fingerprint density at radius 3 is 2.47 bits per heavy atom. The topological polar surface area (TPSA) is 75.3 Å². The summed E-state index contributed by atoms with van der Waals surface area (Å²) < 4.78 is 0. The number of carbonyl (C=O) groups is 1. The van der Waals surface area contributed by atoms with Gasteiger partial charge in [0.25, 0.3) is 0 Å². The highest BCUT2D eigenvalue weighted by atomic mass is 35.5. The van der Waals surface area contributed by atoms with Crippen molar-refractivity contribution in [1.82, 2.24) is 5.32 Å². The van der Waals surface area contributed by atoms with E-state index in [0.29, 0.717) is 12.5 Å². The van der Waals surface area contributed by atoms with Gasteiger partial charge in [-0.05, 0) is 25.7 Å². The van der Waals surface area contributed by atoms with E-state index in [2.05, 4.69) is 12.2 Å². The van der Waals surface area contributed by atoms with Gasteiger partial charge in [-0.1, -0.05) is 13.3 Å². The van der Waals surface area contributed by atoms with Crippen molar-refractivity contribution in [3.8, 4) is 0 Å². The fourth-order valence-corrected chi connectivity index (χ4v) is 1.35. The first-order chi connectivity index (χ1) is 6.61. The molecule has 2 unspecified atom stereocenters. The van der Waals surface area contributed by atoms with Crippen LogP contribution >= 0.6 is 12.4 Å². The molecule has 4 N–H and O–H groups in total. The van der Waals surface area contributed by atoms with Crippen LogP contribution in [-0.2, 0) is 4.79 Å². The Hall–Kier alpha value is -0.320. The zero-order valence-electron chi connectivity index (χ0n) is 9.53. The Kier molecular flexibility index (Phi) is 11.6. The predicted octanol–water partition coefficient (Wildman–Crippen LogP) is 0.670. The Morgan fingerprint density at radius 1 is 1.47 bits per heavy atom. The molecular weight excluding hydrogens is 216 g/mol. The van der Waals surface area contributed by atoms with Crippen molar-refractivity contribution in [2.45, 2.75) is 39.2 Å². The van der Waals surface area contributed by atoms with E-state index >= 15 is 0 Å². The van der Waals surface area contributed by atoms with Crippen molar-refractivity contribution in [3.63, 3.8) is 0 Å². The summed E-state index contributed by atoms with van der Waals surface area (Å²) in [7, 11) is 0. The van der Waals surface area contributed by atoms with Crippen molar-refractivity contribution in [2.24, 2.45) is 11.7 Å². The highest BCUT2D eigenvalue weighted by molar-refractivity contribution is 5.85. The number of amides is 1. The van der Waals surface area contributed by atoms with Gasteiger partial charge in [-0.3, -0.25) is 4.79 Å². The van der Waals surface area contributed by atoms with Gasteiger partial charge < -0.3 is 16.2 Å². The molecule has 0 heterocycles. The van der Waals surface area contributed by atoms with Crippen molar-refractivity contribution in [3.05, 3.63) is 0 Å². The van der Waals surface area contributed by atoms with E-state index in [0.717, 1.165) is 19.3 Å². The van der Waals surface area contributed by atoms with Gasteiger partial charge in [-0.15, -0.1) is 12.4 Å². The van der Waals surface area contributed by atoms with Crippen LogP contribution in [0.3, 0.4) is 0 Å². The lowest BCUT2D eigenvalue weighted by molar-refractivity contribution is -0.122. The number of aliphatic hydroxyl groups is 1. The van der Waals surface area contributed by atoms with Crippen LogP contribution in [-0.4, -0.2) is 30.2 Å². The second kappa shape index (κ2) is 10.2. The molecule has 0 bridgehead atoms. The highest BCUT2D eigenvalue weighted by Crippen LogP contribution is 2.09. The lowest BCUT2D eigenvalue weighted by Crippen LogP contribution is -2.40. The Morgan fingerprint density at radius 2 is 2.07 bits per heavy atom. The molecule has 0 aliphatic carbocycles. The first-order valence-corrected chi connectivity index (χ1v) is 5.26. The maximum Gasteiger partial charge on any atom is 0.236 e. The molecule has 0 saturated carbocycles. The van der Waals surface area contributed by atoms with E-state index in [1.54, 1.807) is 6.92 Å². The first-order valence-electron chi connectivity index (χ1n) is 5.26. The van der Waals surface area contributed by atoms with Gasteiger partial charge >= 0.3 is 0 Å². The summed E-state index contributed by atoms with van der Waals surface area (Å²) in [6.45, 7) is 4.56. The van der Waals surface area contributed by atoms with Crippen molar-refractivity contribution in [2.75, 3.05) is 13.2 Å². The van der Waals surface area contributed by atoms with Crippen LogP contribution in [0.15, 0.2) is 0 Å². The van der Waals surface area contributed by atoms with Gasteiger partial charge in [-0.2, -0.15) is 0 Å². The third kappa shape index (κ3) is 8.66. The molecule has 0 aliphatic rings. The second-order valence-electron chi connectivity index (χ2n) is 3.70. The van der Waals surface area contributed by atoms with Gasteiger partial charge in [0.2, 0.25) is 5.91 Å². The fraction of sp³-hybridized carbons (Fsp3) is 0.900. The summed E-state index contributed by atoms with van der Waals surface area (Å²) in [6.07, 6.45) is 2.84. The summed E-state index contributed by atoms with van der Waals surface area (Å²) in [5.41, 5.74) is 5.41. The zero-order chi connectivity index (χ0) is 11.0. The monoisotopic (exact) mass is 238 g/mol. The third-order valence-corrected chi connectivity index (χ3v) is 2.21. The third-order valence-electron chi connectivity index (χ3n) is 2.21. The minimum atomic E-state index is -0.452. The highest BCUT2D eigenvalue weighted by Gasteiger charge is 2.11. The van der Waals surface area contributed by atoms with E-state index in [9.17, 15) is 4.79 Å². The van der Waals surface area contributed by atoms with Gasteiger partial charge in [-0.25, -0.2) is 0 Å². The van der Waals surface area contributed by atoms with E-state index in [1.807, 2.05) is 0 Å². The average Bonchev–Trinajstić information content (AvgIpc) is 2.14. The molecule has 0 aromatic rings. The van der Waals surface area contributed by atoms with Crippen LogP contribution in [0.5, 0.6) is 0 Å². The molecule has 0 aromatic carbocycles. The van der Waals surface area contributed by atoms with Crippen LogP contribution < -0.4 is 11.1 Å². The SMILES string of the molecule is CCCC(CCO)CNC(=O)C(C)N.Cl. The number of hydrogen-bond donors (Lipinski definition) is 3. The van der Waals surface area contributed by atoms with E-state index in [4.69, 9.17) is 10.8 Å². The standard InChI is InChI=1S/C10H22N2O2.ClH/c1-3-4-9(5-6-13)7-12-10(14)8(2)11;/h8-9,13H,3-7,11H2,1-2H3,(H,12,14);1H. The first kappa shape index (κ1) is 17.1. The molecule has 0 saturated heterocycles. The minimum Gasteiger partial charge on any atom is -0.396 e. The summed E-state index contributed by atoms with van der Waals surface area (Å²) in [4.78, 5) is 11.2. The number of hydrogen-bond acceptors (Lipinski definition) is 3. The van der Waals surface area contributed by atoms with Gasteiger partial charge in [0, 0.05) is 13.2 Å². The van der Waals surface area contributed by atoms with Crippen molar-refractivity contribution in [1.29, 1.82) is 0 Å². The second-order valence-corrected chi connectivity index (χ2v) is 3.70. The van der Waals surface area contributed by atoms with Crippen molar-refractivity contribution >= 4 is 18.3 Å². The fourth-order valence-electron chi connectivity index (χ4n) is 1.35. The van der Waals surface area contributed by atoms with Gasteiger partial charge in [0.1, 0.15) is 0 Å². The molecule has 0 fully saturated rings. The van der Waals surface area contributed by atoms with Gasteiger partial charge in [0.05, 0.1) is 6.04 Å². The molecule has 0 aromatic heterocycles. The predicted molar refractivity (Wildman–Crippen MR) is 64.0 cm³/mol. The van der Waals surface area contributed by atoms with Crippen LogP contribution in [0, 0.1) is 5.92 Å². The molecule has 0 spiro atoms. The van der Waals surface area contributed by atoms with E-state index in [1.165, 1.54) is 0 Å². The Bertz CT molecular complexity index is 160. The van der Waals surface area contributed by atoms with Gasteiger partial charge in [0.15, 0.2) is 0 Å². The Labute approximate surface area is 98.0 Å². The average molecular weight is 239 g/mol. The lowest BCUT2D eigenvalue weighted by atomic mass is 10.0. The summed E-state index contributed by atoms with van der Waals surface area (Å²) in [6, 6.07) is -0.452. The quantitative estimate of drug-likeness (QED) is 0.610. The number of nitrogens with two attached hydrogens (primary N) is 1. The molecule has 0 radical (unpaired) electrons. The molecule has 4 nitrogen and oxygen atoms in total. The lowest BCUT2D eigenvalue weighted by Gasteiger charge is -2.16. The van der Waals surface area contributed by atoms with E-state index in [-0.39, 0.29) is 24.9 Å². The molecule has 1 amide bonds. The minimum absolute atomic E-state index is 0. The Balaban J connectivity index is 0. The number of rotatable bonds is 7. The number of nitrogens with one attached hydrogen (secondary N) is 1. The largest absolute Gasteiger partial charge is 0.396 e. The summed E-state index contributed by atoms with van der Waals surface area (Å²) >= 11 is 0. The van der Waals surface area contributed by atoms with Crippen LogP contribution in [0.1, 0.15) is 33.1 Å². The van der Waals surface area contributed by atoms with Crippen molar-refractivity contribution < 1.29 is 9.90 Å². The summed E-state index contributed by atoms with van der Waals surface area (Å²) in [5.74, 6) is 0.247. The number of aliphatic hydroxyl groups excluding tert-OH is 1. The normalized spacial score (nSPS) is 13.9. The molecule has 0 rings (SSSR count). The molecule has 2 atom stereocenters. The smallest absolute Gasteiger partial charge is 0.236 e. The maximum atomic E-state index is 11.2.